The quantitative estimate of drug-likeness (QED) is 0.734. The second kappa shape index (κ2) is 7.92. The molecule has 1 unspecified atom stereocenters. The normalized spacial score (nSPS) is 26.8. The van der Waals surface area contributed by atoms with Gasteiger partial charge in [0.2, 0.25) is 0 Å². The zero-order valence-electron chi connectivity index (χ0n) is 18.2. The van der Waals surface area contributed by atoms with Gasteiger partial charge in [-0.15, -0.1) is 0 Å². The average Bonchev–Trinajstić information content (AvgIpc) is 3.19. The molecule has 1 aliphatic heterocycles. The van der Waals surface area contributed by atoms with Crippen molar-refractivity contribution in [1.29, 1.82) is 0 Å². The molecule has 1 aliphatic rings. The Balaban J connectivity index is 2.06. The van der Waals surface area contributed by atoms with Crippen LogP contribution in [0.15, 0.2) is 17.3 Å². The zero-order valence-corrected chi connectivity index (χ0v) is 19.6. The third-order valence-corrected chi connectivity index (χ3v) is 5.25. The number of methoxy groups -OCH3 is 1. The topological polar surface area (TPSA) is 104 Å². The van der Waals surface area contributed by atoms with Crippen LogP contribution in [-0.4, -0.2) is 71.8 Å². The summed E-state index contributed by atoms with van der Waals surface area (Å²) in [6.07, 6.45) is 0.247. The molecule has 1 saturated heterocycles. The van der Waals surface area contributed by atoms with E-state index < -0.39 is 41.7 Å². The van der Waals surface area contributed by atoms with Gasteiger partial charge in [0.25, 0.3) is 0 Å². The molecule has 10 heteroatoms. The van der Waals surface area contributed by atoms with Gasteiger partial charge in [0.05, 0.1) is 28.1 Å². The Bertz CT molecular complexity index is 876. The van der Waals surface area contributed by atoms with Crippen LogP contribution in [0.2, 0.25) is 0 Å². The molecule has 29 heavy (non-hydrogen) atoms. The molecule has 1 N–H and O–H groups in total. The van der Waals surface area contributed by atoms with Crippen LogP contribution in [0.25, 0.3) is 11.2 Å². The van der Waals surface area contributed by atoms with Gasteiger partial charge in [0.15, 0.2) is 23.2 Å². The van der Waals surface area contributed by atoms with Crippen molar-refractivity contribution >= 4 is 27.0 Å². The molecular formula is C19H31N5O4Si. The molecule has 2 aromatic rings. The Morgan fingerprint density at radius 2 is 1.86 bits per heavy atom. The highest BCUT2D eigenvalue weighted by Gasteiger charge is 2.53. The standard InChI is InChI=1S/C19H31N5O4Si/c1-18(2,3)14(25)12-11(28-19(4,5)6)13(26-7)17(27-12)24-9-22-10-15(23-29)20-8-21-16(10)24/h8-9,11-14,17,25H,29H2,1-7H3/t11-,12+,13-,14?,17-/m1/s1. The number of ether oxygens (including phenoxy) is 3. The van der Waals surface area contributed by atoms with Gasteiger partial charge in [0.1, 0.15) is 24.6 Å². The Kier molecular flexibility index (Phi) is 6.03. The average molecular weight is 422 g/mol. The smallest absolute Gasteiger partial charge is 0.173 e. The maximum Gasteiger partial charge on any atom is 0.173 e. The van der Waals surface area contributed by atoms with Gasteiger partial charge in [-0.05, 0) is 26.2 Å². The van der Waals surface area contributed by atoms with Gasteiger partial charge in [0, 0.05) is 7.11 Å². The number of rotatable bonds is 5. The molecule has 0 amide bonds. The summed E-state index contributed by atoms with van der Waals surface area (Å²) < 4.78 is 24.5. The van der Waals surface area contributed by atoms with E-state index in [1.54, 1.807) is 18.0 Å². The van der Waals surface area contributed by atoms with Crippen molar-refractivity contribution in [2.45, 2.75) is 77.8 Å². The zero-order chi connectivity index (χ0) is 21.6. The summed E-state index contributed by atoms with van der Waals surface area (Å²) in [5.41, 5.74) is 0.349. The van der Waals surface area contributed by atoms with Crippen molar-refractivity contribution in [3.8, 4) is 0 Å². The number of nitrogens with zero attached hydrogens (tertiary/aromatic N) is 5. The largest absolute Gasteiger partial charge is 0.390 e. The van der Waals surface area contributed by atoms with Crippen molar-refractivity contribution < 1.29 is 19.3 Å². The van der Waals surface area contributed by atoms with Crippen molar-refractivity contribution in [2.75, 3.05) is 7.11 Å². The molecule has 160 valence electrons. The van der Waals surface area contributed by atoms with E-state index in [4.69, 9.17) is 14.2 Å². The molecule has 3 heterocycles. The molecule has 0 aliphatic carbocycles. The van der Waals surface area contributed by atoms with E-state index in [2.05, 4.69) is 19.6 Å². The predicted molar refractivity (Wildman–Crippen MR) is 111 cm³/mol. The molecule has 2 aromatic heterocycles. The van der Waals surface area contributed by atoms with E-state index in [1.807, 2.05) is 41.5 Å². The van der Waals surface area contributed by atoms with Gasteiger partial charge in [-0.1, -0.05) is 20.8 Å². The summed E-state index contributed by atoms with van der Waals surface area (Å²) in [7, 11) is 3.07. The maximum absolute atomic E-state index is 11.1. The first kappa shape index (κ1) is 22.1. The summed E-state index contributed by atoms with van der Waals surface area (Å²) in [5, 5.41) is 11.1. The molecular weight excluding hydrogens is 390 g/mol. The highest BCUT2D eigenvalue weighted by molar-refractivity contribution is 5.96. The highest BCUT2D eigenvalue weighted by atomic mass is 28.1. The van der Waals surface area contributed by atoms with Gasteiger partial charge in [-0.2, -0.15) is 0 Å². The monoisotopic (exact) mass is 421 g/mol. The molecule has 9 nitrogen and oxygen atoms in total. The molecule has 0 spiro atoms. The predicted octanol–water partition coefficient (Wildman–Crippen LogP) is 1.78. The summed E-state index contributed by atoms with van der Waals surface area (Å²) in [5.74, 6) is 0.521. The number of imidazole rings is 1. The van der Waals surface area contributed by atoms with Crippen LogP contribution in [-0.2, 0) is 14.2 Å². The third kappa shape index (κ3) is 4.31. The van der Waals surface area contributed by atoms with Crippen LogP contribution < -0.4 is 0 Å². The Morgan fingerprint density at radius 3 is 2.41 bits per heavy atom. The minimum Gasteiger partial charge on any atom is -0.390 e. The van der Waals surface area contributed by atoms with E-state index >= 15 is 0 Å². The summed E-state index contributed by atoms with van der Waals surface area (Å²) >= 11 is 0. The molecule has 0 bridgehead atoms. The number of hydrogen-bond acceptors (Lipinski definition) is 8. The van der Waals surface area contributed by atoms with Gasteiger partial charge in [-0.3, -0.25) is 9.20 Å². The minimum absolute atomic E-state index is 0.397. The molecule has 0 saturated carbocycles. The lowest BCUT2D eigenvalue weighted by molar-refractivity contribution is -0.155. The van der Waals surface area contributed by atoms with Gasteiger partial charge in [-0.25, -0.2) is 15.0 Å². The van der Waals surface area contributed by atoms with E-state index in [-0.39, 0.29) is 0 Å². The van der Waals surface area contributed by atoms with Crippen molar-refractivity contribution in [3.63, 3.8) is 0 Å². The Labute approximate surface area is 174 Å². The third-order valence-electron chi connectivity index (χ3n) is 4.95. The van der Waals surface area contributed by atoms with Crippen LogP contribution >= 0.6 is 0 Å². The van der Waals surface area contributed by atoms with Crippen molar-refractivity contribution in [2.24, 2.45) is 10.0 Å². The first-order valence-electron chi connectivity index (χ1n) is 9.66. The molecule has 0 aromatic carbocycles. The van der Waals surface area contributed by atoms with E-state index in [0.717, 1.165) is 0 Å². The molecule has 3 rings (SSSR count). The van der Waals surface area contributed by atoms with Crippen LogP contribution in [0, 0.1) is 5.41 Å². The lowest BCUT2D eigenvalue weighted by Crippen LogP contribution is -2.49. The van der Waals surface area contributed by atoms with Crippen LogP contribution in [0.5, 0.6) is 0 Å². The second-order valence-corrected chi connectivity index (χ2v) is 9.69. The van der Waals surface area contributed by atoms with Crippen molar-refractivity contribution in [3.05, 3.63) is 12.7 Å². The van der Waals surface area contributed by atoms with E-state index in [1.165, 1.54) is 16.4 Å². The van der Waals surface area contributed by atoms with Gasteiger partial charge < -0.3 is 19.3 Å². The first-order chi connectivity index (χ1) is 13.5. The molecule has 1 fully saturated rings. The number of hydrogen-bond donors (Lipinski definition) is 1. The van der Waals surface area contributed by atoms with Crippen LogP contribution in [0.4, 0.5) is 5.82 Å². The maximum atomic E-state index is 11.1. The second-order valence-electron chi connectivity index (χ2n) is 9.38. The van der Waals surface area contributed by atoms with Gasteiger partial charge >= 0.3 is 0 Å². The molecule has 5 atom stereocenters. The van der Waals surface area contributed by atoms with Crippen LogP contribution in [0.3, 0.4) is 0 Å². The van der Waals surface area contributed by atoms with Crippen molar-refractivity contribution in [1.82, 2.24) is 19.5 Å². The number of aliphatic hydroxyl groups excluding tert-OH is 1. The lowest BCUT2D eigenvalue weighted by Gasteiger charge is -2.36. The minimum atomic E-state index is -0.760. The van der Waals surface area contributed by atoms with E-state index in [0.29, 0.717) is 17.0 Å². The number of fused-ring (bicyclic) bond motifs is 1. The fourth-order valence-electron chi connectivity index (χ4n) is 3.57. The highest BCUT2D eigenvalue weighted by Crippen LogP contribution is 2.41. The summed E-state index contributed by atoms with van der Waals surface area (Å²) in [4.78, 5) is 13.0. The number of aliphatic hydroxyl groups is 1. The Hall–Kier alpha value is -1.59. The summed E-state index contributed by atoms with van der Waals surface area (Å²) in [6.45, 7) is 11.8. The SMILES string of the molecule is CO[C@@H]1[C@H](OC(C)(C)C)[C@@H](C(O)C(C)(C)C)O[C@H]1n1cnc2c(N=[SiH2])ncnc21. The van der Waals surface area contributed by atoms with Crippen LogP contribution in [0.1, 0.15) is 47.8 Å². The number of aromatic nitrogens is 4. The first-order valence-corrected chi connectivity index (χ1v) is 10.3. The summed E-state index contributed by atoms with van der Waals surface area (Å²) in [6, 6.07) is 0. The Morgan fingerprint density at radius 1 is 1.17 bits per heavy atom. The fraction of sp³-hybridized carbons (Fsp3) is 0.737. The lowest BCUT2D eigenvalue weighted by atomic mass is 9.83. The fourth-order valence-corrected chi connectivity index (χ4v) is 3.80. The van der Waals surface area contributed by atoms with E-state index in [9.17, 15) is 5.11 Å². The molecule has 0 radical (unpaired) electrons.